The number of hydrogen-bond acceptors (Lipinski definition) is 1. The minimum absolute atomic E-state index is 0.642. The summed E-state index contributed by atoms with van der Waals surface area (Å²) >= 11 is 0. The van der Waals surface area contributed by atoms with E-state index >= 15 is 0 Å². The van der Waals surface area contributed by atoms with Gasteiger partial charge in [0, 0.05) is 6.61 Å². The molecule has 0 aliphatic heterocycles. The predicted octanol–water partition coefficient (Wildman–Crippen LogP) is 7.20. The minimum atomic E-state index is 0.642. The standard InChI is InChI=1S/C21H40O/c1-2-3-4-5-6-7-8-9-10-11-12-13-14-15-16-17-20-22-21-18-19-21/h9-10,21H,2-8,11-20H2,1H3/b10-9-. The van der Waals surface area contributed by atoms with Gasteiger partial charge in [0.05, 0.1) is 6.10 Å². The molecule has 1 rings (SSSR count). The van der Waals surface area contributed by atoms with Gasteiger partial charge in [-0.05, 0) is 44.9 Å². The second-order valence-electron chi connectivity index (χ2n) is 7.01. The van der Waals surface area contributed by atoms with Gasteiger partial charge in [0.15, 0.2) is 0 Å². The second-order valence-corrected chi connectivity index (χ2v) is 7.01. The summed E-state index contributed by atoms with van der Waals surface area (Å²) in [5.74, 6) is 0. The highest BCUT2D eigenvalue weighted by Crippen LogP contribution is 2.23. The Balaban J connectivity index is 1.65. The minimum Gasteiger partial charge on any atom is -0.378 e. The molecule has 0 spiro atoms. The SMILES string of the molecule is CCCCCCCC/C=C\CCCCCCCCOC1CC1. The zero-order chi connectivity index (χ0) is 15.7. The molecule has 1 saturated carbocycles. The van der Waals surface area contributed by atoms with E-state index < -0.39 is 0 Å². The van der Waals surface area contributed by atoms with Gasteiger partial charge < -0.3 is 4.74 Å². The molecule has 1 heteroatoms. The Morgan fingerprint density at radius 3 is 1.73 bits per heavy atom. The van der Waals surface area contributed by atoms with Crippen LogP contribution < -0.4 is 0 Å². The van der Waals surface area contributed by atoms with Crippen molar-refractivity contribution in [1.82, 2.24) is 0 Å². The van der Waals surface area contributed by atoms with Gasteiger partial charge >= 0.3 is 0 Å². The summed E-state index contributed by atoms with van der Waals surface area (Å²) in [7, 11) is 0. The molecule has 1 aliphatic rings. The van der Waals surface area contributed by atoms with Crippen LogP contribution in [0.2, 0.25) is 0 Å². The summed E-state index contributed by atoms with van der Waals surface area (Å²) in [5, 5.41) is 0. The van der Waals surface area contributed by atoms with E-state index in [-0.39, 0.29) is 0 Å². The van der Waals surface area contributed by atoms with Gasteiger partial charge in [0.1, 0.15) is 0 Å². The molecule has 1 aliphatic carbocycles. The Morgan fingerprint density at radius 1 is 0.682 bits per heavy atom. The molecule has 130 valence electrons. The molecule has 1 fully saturated rings. The first-order valence-electron chi connectivity index (χ1n) is 10.2. The van der Waals surface area contributed by atoms with Crippen LogP contribution in [0.3, 0.4) is 0 Å². The van der Waals surface area contributed by atoms with Gasteiger partial charge in [-0.2, -0.15) is 0 Å². The molecule has 0 bridgehead atoms. The smallest absolute Gasteiger partial charge is 0.0577 e. The van der Waals surface area contributed by atoms with Crippen molar-refractivity contribution in [2.75, 3.05) is 6.61 Å². The van der Waals surface area contributed by atoms with Gasteiger partial charge in [0.2, 0.25) is 0 Å². The van der Waals surface area contributed by atoms with Gasteiger partial charge in [-0.15, -0.1) is 0 Å². The maximum Gasteiger partial charge on any atom is 0.0577 e. The maximum atomic E-state index is 5.66. The van der Waals surface area contributed by atoms with Crippen LogP contribution in [0.1, 0.15) is 110 Å². The number of unbranched alkanes of at least 4 members (excludes halogenated alkanes) is 12. The molecule has 0 aromatic heterocycles. The Hall–Kier alpha value is -0.300. The number of hydrogen-bond donors (Lipinski definition) is 0. The van der Waals surface area contributed by atoms with Crippen LogP contribution in [0.25, 0.3) is 0 Å². The monoisotopic (exact) mass is 308 g/mol. The van der Waals surface area contributed by atoms with Crippen molar-refractivity contribution in [3.63, 3.8) is 0 Å². The van der Waals surface area contributed by atoms with Crippen LogP contribution in [-0.2, 0) is 4.74 Å². The molecule has 0 saturated heterocycles. The summed E-state index contributed by atoms with van der Waals surface area (Å²) < 4.78 is 5.66. The predicted molar refractivity (Wildman–Crippen MR) is 98.4 cm³/mol. The van der Waals surface area contributed by atoms with Gasteiger partial charge in [0.25, 0.3) is 0 Å². The molecule has 0 aromatic rings. The Morgan fingerprint density at radius 2 is 1.18 bits per heavy atom. The fourth-order valence-corrected chi connectivity index (χ4v) is 2.83. The van der Waals surface area contributed by atoms with Crippen molar-refractivity contribution in [1.29, 1.82) is 0 Å². The second kappa shape index (κ2) is 15.6. The summed E-state index contributed by atoms with van der Waals surface area (Å²) in [4.78, 5) is 0. The van der Waals surface area contributed by atoms with Crippen LogP contribution in [0.4, 0.5) is 0 Å². The molecule has 0 N–H and O–H groups in total. The van der Waals surface area contributed by atoms with Crippen molar-refractivity contribution in [3.05, 3.63) is 12.2 Å². The third-order valence-corrected chi connectivity index (χ3v) is 4.53. The average Bonchev–Trinajstić information content (AvgIpc) is 3.34. The van der Waals surface area contributed by atoms with Crippen LogP contribution in [0.5, 0.6) is 0 Å². The van der Waals surface area contributed by atoms with Crippen LogP contribution in [0.15, 0.2) is 12.2 Å². The lowest BCUT2D eigenvalue weighted by Gasteiger charge is -2.02. The lowest BCUT2D eigenvalue weighted by atomic mass is 10.1. The summed E-state index contributed by atoms with van der Waals surface area (Å²) in [6.45, 7) is 3.29. The average molecular weight is 309 g/mol. The largest absolute Gasteiger partial charge is 0.378 e. The van der Waals surface area contributed by atoms with Crippen molar-refractivity contribution in [2.45, 2.75) is 116 Å². The van der Waals surface area contributed by atoms with E-state index in [1.54, 1.807) is 0 Å². The summed E-state index contributed by atoms with van der Waals surface area (Å²) in [6.07, 6.45) is 27.4. The molecular weight excluding hydrogens is 268 g/mol. The zero-order valence-corrected chi connectivity index (χ0v) is 15.2. The van der Waals surface area contributed by atoms with E-state index in [4.69, 9.17) is 4.74 Å². The van der Waals surface area contributed by atoms with E-state index in [2.05, 4.69) is 19.1 Å². The van der Waals surface area contributed by atoms with Gasteiger partial charge in [-0.1, -0.05) is 76.9 Å². The van der Waals surface area contributed by atoms with Crippen molar-refractivity contribution in [2.24, 2.45) is 0 Å². The molecule has 0 heterocycles. The fraction of sp³-hybridized carbons (Fsp3) is 0.905. The highest BCUT2D eigenvalue weighted by molar-refractivity contribution is 4.81. The Labute approximate surface area is 139 Å². The molecule has 0 aromatic carbocycles. The summed E-state index contributed by atoms with van der Waals surface area (Å²) in [6, 6.07) is 0. The van der Waals surface area contributed by atoms with E-state index in [1.165, 1.54) is 103 Å². The number of rotatable bonds is 17. The van der Waals surface area contributed by atoms with Crippen LogP contribution in [-0.4, -0.2) is 12.7 Å². The topological polar surface area (TPSA) is 9.23 Å². The van der Waals surface area contributed by atoms with Crippen molar-refractivity contribution >= 4 is 0 Å². The molecular formula is C21H40O. The highest BCUT2D eigenvalue weighted by Gasteiger charge is 2.21. The first kappa shape index (κ1) is 19.7. The molecule has 0 unspecified atom stereocenters. The summed E-state index contributed by atoms with van der Waals surface area (Å²) in [5.41, 5.74) is 0. The van der Waals surface area contributed by atoms with E-state index in [0.29, 0.717) is 6.10 Å². The van der Waals surface area contributed by atoms with E-state index in [9.17, 15) is 0 Å². The van der Waals surface area contributed by atoms with E-state index in [1.807, 2.05) is 0 Å². The zero-order valence-electron chi connectivity index (χ0n) is 15.2. The maximum absolute atomic E-state index is 5.66. The van der Waals surface area contributed by atoms with Crippen LogP contribution in [0, 0.1) is 0 Å². The highest BCUT2D eigenvalue weighted by atomic mass is 16.5. The first-order valence-corrected chi connectivity index (χ1v) is 10.2. The molecule has 22 heavy (non-hydrogen) atoms. The molecule has 1 nitrogen and oxygen atoms in total. The number of ether oxygens (including phenoxy) is 1. The van der Waals surface area contributed by atoms with Gasteiger partial charge in [-0.25, -0.2) is 0 Å². The van der Waals surface area contributed by atoms with Crippen LogP contribution >= 0.6 is 0 Å². The quantitative estimate of drug-likeness (QED) is 0.204. The lowest BCUT2D eigenvalue weighted by Crippen LogP contribution is -1.95. The number of allylic oxidation sites excluding steroid dienone is 2. The molecule has 0 amide bonds. The molecule has 0 atom stereocenters. The first-order chi connectivity index (χ1) is 10.9. The van der Waals surface area contributed by atoms with Crippen molar-refractivity contribution in [3.8, 4) is 0 Å². The van der Waals surface area contributed by atoms with Crippen molar-refractivity contribution < 1.29 is 4.74 Å². The third kappa shape index (κ3) is 14.6. The Kier molecular flexibility index (Phi) is 14.0. The molecule has 0 radical (unpaired) electrons. The fourth-order valence-electron chi connectivity index (χ4n) is 2.83. The Bertz CT molecular complexity index is 242. The third-order valence-electron chi connectivity index (χ3n) is 4.53. The van der Waals surface area contributed by atoms with E-state index in [0.717, 1.165) is 6.61 Å². The normalized spacial score (nSPS) is 15.0. The van der Waals surface area contributed by atoms with Gasteiger partial charge in [-0.3, -0.25) is 0 Å². The lowest BCUT2D eigenvalue weighted by molar-refractivity contribution is 0.115.